The van der Waals surface area contributed by atoms with E-state index in [1.165, 1.54) is 0 Å². The Hall–Kier alpha value is -1.20. The molecule has 0 heterocycles. The van der Waals surface area contributed by atoms with Crippen molar-refractivity contribution in [2.75, 3.05) is 0 Å². The van der Waals surface area contributed by atoms with E-state index in [9.17, 15) is 19.8 Å². The molecule has 5 heteroatoms. The Morgan fingerprint density at radius 2 is 1.96 bits per heavy atom. The smallest absolute Gasteiger partial charge is 0.306 e. The summed E-state index contributed by atoms with van der Waals surface area (Å²) in [5.74, 6) is -0.392. The number of hydrogen-bond acceptors (Lipinski definition) is 4. The fraction of sp³-hybridized carbons (Fsp3) is 0.810. The van der Waals surface area contributed by atoms with E-state index in [1.54, 1.807) is 6.92 Å². The van der Waals surface area contributed by atoms with E-state index in [2.05, 4.69) is 6.92 Å². The molecule has 0 aromatic heterocycles. The van der Waals surface area contributed by atoms with Gasteiger partial charge in [0.25, 0.3) is 0 Å². The van der Waals surface area contributed by atoms with Gasteiger partial charge < -0.3 is 15.3 Å². The molecular formula is C21H34O5. The number of carboxylic acids is 1. The summed E-state index contributed by atoms with van der Waals surface area (Å²) in [6.45, 7) is 3.81. The van der Waals surface area contributed by atoms with Crippen LogP contribution in [0.25, 0.3) is 0 Å². The lowest BCUT2D eigenvalue weighted by molar-refractivity contribution is -0.141. The second-order valence-electron chi connectivity index (χ2n) is 8.17. The molecular weight excluding hydrogens is 332 g/mol. The van der Waals surface area contributed by atoms with Crippen molar-refractivity contribution in [3.8, 4) is 0 Å². The van der Waals surface area contributed by atoms with E-state index in [0.717, 1.165) is 19.3 Å². The molecule has 2 aliphatic carbocycles. The number of aliphatic hydroxyl groups excluding tert-OH is 2. The number of ketones is 1. The van der Waals surface area contributed by atoms with Crippen LogP contribution in [0.5, 0.6) is 0 Å². The minimum absolute atomic E-state index is 0.0457. The molecule has 0 bridgehead atoms. The van der Waals surface area contributed by atoms with Crippen LogP contribution in [-0.4, -0.2) is 39.3 Å². The number of carboxylic acid groups (broad SMARTS) is 1. The van der Waals surface area contributed by atoms with Crippen molar-refractivity contribution in [3.63, 3.8) is 0 Å². The van der Waals surface area contributed by atoms with Crippen molar-refractivity contribution in [1.29, 1.82) is 0 Å². The molecule has 0 spiro atoms. The number of carbonyl (C=O) groups excluding carboxylic acids is 1. The van der Waals surface area contributed by atoms with Crippen LogP contribution in [0.3, 0.4) is 0 Å². The molecule has 2 aliphatic rings. The Balaban J connectivity index is 1.76. The minimum Gasteiger partial charge on any atom is -0.481 e. The number of hydrogen-bond donors (Lipinski definition) is 3. The second kappa shape index (κ2) is 9.65. The fourth-order valence-corrected chi connectivity index (χ4v) is 4.50. The number of aliphatic carboxylic acids is 1. The minimum atomic E-state index is -0.778. The van der Waals surface area contributed by atoms with E-state index < -0.39 is 18.2 Å². The van der Waals surface area contributed by atoms with Gasteiger partial charge in [0.1, 0.15) is 5.78 Å². The van der Waals surface area contributed by atoms with Crippen molar-refractivity contribution in [2.24, 2.45) is 29.6 Å². The zero-order valence-corrected chi connectivity index (χ0v) is 16.0. The lowest BCUT2D eigenvalue weighted by Crippen LogP contribution is -2.31. The maximum atomic E-state index is 12.2. The first-order chi connectivity index (χ1) is 12.4. The summed E-state index contributed by atoms with van der Waals surface area (Å²) in [6.07, 6.45) is 8.76. The maximum Gasteiger partial charge on any atom is 0.306 e. The molecule has 0 radical (unpaired) electrons. The Labute approximate surface area is 156 Å². The molecule has 26 heavy (non-hydrogen) atoms. The molecule has 7 atom stereocenters. The largest absolute Gasteiger partial charge is 0.481 e. The van der Waals surface area contributed by atoms with Gasteiger partial charge in [0.05, 0.1) is 18.1 Å². The topological polar surface area (TPSA) is 94.8 Å². The predicted molar refractivity (Wildman–Crippen MR) is 99.5 cm³/mol. The molecule has 0 amide bonds. The Morgan fingerprint density at radius 3 is 2.62 bits per heavy atom. The molecule has 2 rings (SSSR count). The molecule has 0 aliphatic heterocycles. The molecule has 2 saturated carbocycles. The number of Topliss-reactive ketones (excluding diaryl/α,β-unsaturated/α-hetero) is 1. The van der Waals surface area contributed by atoms with E-state index in [-0.39, 0.29) is 35.4 Å². The summed E-state index contributed by atoms with van der Waals surface area (Å²) in [5, 5.41) is 29.5. The highest BCUT2D eigenvalue weighted by Gasteiger charge is 2.64. The van der Waals surface area contributed by atoms with Crippen molar-refractivity contribution >= 4 is 11.8 Å². The van der Waals surface area contributed by atoms with E-state index >= 15 is 0 Å². The van der Waals surface area contributed by atoms with Gasteiger partial charge in [0.2, 0.25) is 0 Å². The highest BCUT2D eigenvalue weighted by molar-refractivity contribution is 5.85. The molecule has 7 unspecified atom stereocenters. The van der Waals surface area contributed by atoms with Crippen LogP contribution < -0.4 is 0 Å². The van der Waals surface area contributed by atoms with Gasteiger partial charge in [-0.1, -0.05) is 45.3 Å². The number of carbonyl (C=O) groups is 2. The molecule has 0 saturated heterocycles. The van der Waals surface area contributed by atoms with Crippen LogP contribution >= 0.6 is 0 Å². The van der Waals surface area contributed by atoms with Crippen LogP contribution in [0.15, 0.2) is 12.2 Å². The molecule has 0 aromatic carbocycles. The lowest BCUT2D eigenvalue weighted by Gasteiger charge is -2.21. The average molecular weight is 366 g/mol. The Morgan fingerprint density at radius 1 is 1.23 bits per heavy atom. The normalized spacial score (nSPS) is 31.0. The zero-order chi connectivity index (χ0) is 19.3. The van der Waals surface area contributed by atoms with Crippen molar-refractivity contribution < 1.29 is 24.9 Å². The second-order valence-corrected chi connectivity index (χ2v) is 8.17. The van der Waals surface area contributed by atoms with Crippen molar-refractivity contribution in [1.82, 2.24) is 0 Å². The lowest BCUT2D eigenvalue weighted by atomic mass is 9.90. The highest BCUT2D eigenvalue weighted by atomic mass is 16.4. The zero-order valence-electron chi connectivity index (χ0n) is 16.0. The molecule has 148 valence electrons. The summed E-state index contributed by atoms with van der Waals surface area (Å²) in [7, 11) is 0. The third-order valence-electron chi connectivity index (χ3n) is 6.24. The third kappa shape index (κ3) is 5.17. The van der Waals surface area contributed by atoms with Gasteiger partial charge in [-0.15, -0.1) is 0 Å². The summed E-state index contributed by atoms with van der Waals surface area (Å²) in [5.41, 5.74) is 0. The molecule has 5 nitrogen and oxygen atoms in total. The monoisotopic (exact) mass is 366 g/mol. The Kier molecular flexibility index (Phi) is 7.84. The van der Waals surface area contributed by atoms with Gasteiger partial charge >= 0.3 is 5.97 Å². The van der Waals surface area contributed by atoms with Crippen LogP contribution in [0.4, 0.5) is 0 Å². The standard InChI is InChI=1S/C21H34O5/c1-3-4-6-11-16(22)20(24)19-15-12-17(23)14(18(15)19)10-8-5-7-9-13(2)21(25)26/h5,8,13-16,18-20,22,24H,3-4,6-7,9-12H2,1-2H3,(H,25,26). The van der Waals surface area contributed by atoms with Gasteiger partial charge in [-0.25, -0.2) is 0 Å². The van der Waals surface area contributed by atoms with E-state index in [1.807, 2.05) is 12.2 Å². The van der Waals surface area contributed by atoms with E-state index in [4.69, 9.17) is 5.11 Å². The summed E-state index contributed by atoms with van der Waals surface area (Å²) >= 11 is 0. The number of unbranched alkanes of at least 4 members (excludes halogenated alkanes) is 2. The number of allylic oxidation sites excluding steroid dienone is 2. The first kappa shape index (κ1) is 21.1. The quantitative estimate of drug-likeness (QED) is 0.364. The van der Waals surface area contributed by atoms with Gasteiger partial charge in [-0.2, -0.15) is 0 Å². The number of aliphatic hydroxyl groups is 2. The van der Waals surface area contributed by atoms with E-state index in [0.29, 0.717) is 32.1 Å². The Bertz CT molecular complexity index is 515. The summed E-state index contributed by atoms with van der Waals surface area (Å²) in [6, 6.07) is 0. The highest BCUT2D eigenvalue weighted by Crippen LogP contribution is 2.61. The summed E-state index contributed by atoms with van der Waals surface area (Å²) < 4.78 is 0. The van der Waals surface area contributed by atoms with Gasteiger partial charge in [-0.05, 0) is 43.4 Å². The van der Waals surface area contributed by atoms with Crippen molar-refractivity contribution in [3.05, 3.63) is 12.2 Å². The first-order valence-electron chi connectivity index (χ1n) is 10.1. The first-order valence-corrected chi connectivity index (χ1v) is 10.1. The molecule has 3 N–H and O–H groups in total. The van der Waals surface area contributed by atoms with Crippen LogP contribution in [0, 0.1) is 29.6 Å². The third-order valence-corrected chi connectivity index (χ3v) is 6.24. The number of rotatable bonds is 12. The van der Waals surface area contributed by atoms with Gasteiger partial charge in [0.15, 0.2) is 0 Å². The maximum absolute atomic E-state index is 12.2. The fourth-order valence-electron chi connectivity index (χ4n) is 4.50. The predicted octanol–water partition coefficient (Wildman–Crippen LogP) is 3.19. The SMILES string of the molecule is CCCCCC(O)C(O)C1C2CC(=O)C(CC=CCCC(C)C(=O)O)C21. The summed E-state index contributed by atoms with van der Waals surface area (Å²) in [4.78, 5) is 23.0. The van der Waals surface area contributed by atoms with Crippen LogP contribution in [-0.2, 0) is 9.59 Å². The van der Waals surface area contributed by atoms with Crippen LogP contribution in [0.2, 0.25) is 0 Å². The van der Waals surface area contributed by atoms with Gasteiger partial charge in [0, 0.05) is 12.3 Å². The molecule has 0 aromatic rings. The van der Waals surface area contributed by atoms with Gasteiger partial charge in [-0.3, -0.25) is 9.59 Å². The molecule has 2 fully saturated rings. The van der Waals surface area contributed by atoms with Crippen molar-refractivity contribution in [2.45, 2.75) is 77.4 Å². The van der Waals surface area contributed by atoms with Crippen LogP contribution in [0.1, 0.15) is 65.2 Å². The average Bonchev–Trinajstić information content (AvgIpc) is 3.20. The number of fused-ring (bicyclic) bond motifs is 1.